The number of thiazole rings is 1. The summed E-state index contributed by atoms with van der Waals surface area (Å²) in [4.78, 5) is 12.5. The molecule has 0 radical (unpaired) electrons. The van der Waals surface area contributed by atoms with Crippen molar-refractivity contribution in [3.8, 4) is 5.75 Å². The van der Waals surface area contributed by atoms with Crippen molar-refractivity contribution in [1.29, 1.82) is 0 Å². The molecule has 220 valence electrons. The van der Waals surface area contributed by atoms with E-state index in [2.05, 4.69) is 35.3 Å². The lowest BCUT2D eigenvalue weighted by Gasteiger charge is -2.10. The molecular weight excluding hydrogens is 587 g/mol. The normalized spacial score (nSPS) is 10.8. The summed E-state index contributed by atoms with van der Waals surface area (Å²) in [5.74, 6) is -0.322. The smallest absolute Gasteiger partial charge is 0.234 e. The van der Waals surface area contributed by atoms with Gasteiger partial charge in [0.2, 0.25) is 10.9 Å². The summed E-state index contributed by atoms with van der Waals surface area (Å²) in [6, 6.07) is 12.6. The van der Waals surface area contributed by atoms with Gasteiger partial charge in [-0.1, -0.05) is 107 Å². The first-order valence-electron chi connectivity index (χ1n) is 14.8. The van der Waals surface area contributed by atoms with Crippen LogP contribution >= 0.6 is 11.3 Å². The molecule has 7 heteroatoms. The molecule has 1 N–H and O–H groups in total. The van der Waals surface area contributed by atoms with Crippen LogP contribution in [0.25, 0.3) is 0 Å². The number of nitrogens with zero attached hydrogens (tertiary/aromatic N) is 1. The second-order valence-corrected chi connectivity index (χ2v) is 11.6. The van der Waals surface area contributed by atoms with Gasteiger partial charge in [-0.25, -0.2) is 4.39 Å². The van der Waals surface area contributed by atoms with Gasteiger partial charge in [0, 0.05) is 18.2 Å². The predicted molar refractivity (Wildman–Crippen MR) is 160 cm³/mol. The van der Waals surface area contributed by atoms with Crippen LogP contribution in [0.4, 0.5) is 10.1 Å². The Hall–Kier alpha value is -2.25. The van der Waals surface area contributed by atoms with Crippen molar-refractivity contribution in [3.05, 3.63) is 76.0 Å². The van der Waals surface area contributed by atoms with Crippen LogP contribution in [0.2, 0.25) is 0 Å². The van der Waals surface area contributed by atoms with Gasteiger partial charge in [0.25, 0.3) is 0 Å². The topological polar surface area (TPSA) is 42.2 Å². The van der Waals surface area contributed by atoms with Crippen LogP contribution in [0.15, 0.2) is 54.0 Å². The fourth-order valence-corrected chi connectivity index (χ4v) is 5.38. The minimum atomic E-state index is -0.412. The van der Waals surface area contributed by atoms with Crippen LogP contribution in [0.5, 0.6) is 5.75 Å². The number of amides is 1. The van der Waals surface area contributed by atoms with Gasteiger partial charge < -0.3 is 27.0 Å². The molecule has 3 aromatic rings. The summed E-state index contributed by atoms with van der Waals surface area (Å²) >= 11 is 1.72. The van der Waals surface area contributed by atoms with E-state index in [0.717, 1.165) is 25.1 Å². The Morgan fingerprint density at radius 2 is 1.48 bits per heavy atom. The van der Waals surface area contributed by atoms with E-state index in [9.17, 15) is 9.18 Å². The van der Waals surface area contributed by atoms with E-state index in [1.807, 2.05) is 24.3 Å². The van der Waals surface area contributed by atoms with E-state index in [4.69, 9.17) is 4.74 Å². The number of benzene rings is 2. The Morgan fingerprint density at radius 3 is 2.05 bits per heavy atom. The van der Waals surface area contributed by atoms with E-state index >= 15 is 0 Å². The van der Waals surface area contributed by atoms with Gasteiger partial charge >= 0.3 is 0 Å². The summed E-state index contributed by atoms with van der Waals surface area (Å²) < 4.78 is 22.4. The molecular formula is C33H46BrFN2O2S. The number of rotatable bonds is 19. The highest BCUT2D eigenvalue weighted by Crippen LogP contribution is 2.20. The molecule has 1 amide bonds. The molecule has 1 heterocycles. The highest BCUT2D eigenvalue weighted by Gasteiger charge is 2.11. The third-order valence-corrected chi connectivity index (χ3v) is 7.92. The number of hydrogen-bond donors (Lipinski definition) is 1. The van der Waals surface area contributed by atoms with E-state index < -0.39 is 5.82 Å². The van der Waals surface area contributed by atoms with Gasteiger partial charge in [0.15, 0.2) is 24.3 Å². The van der Waals surface area contributed by atoms with Crippen molar-refractivity contribution < 1.29 is 35.5 Å². The zero-order valence-electron chi connectivity index (χ0n) is 24.2. The largest absolute Gasteiger partial charge is 1.00 e. The summed E-state index contributed by atoms with van der Waals surface area (Å²) in [5, 5.41) is 6.23. The van der Waals surface area contributed by atoms with Gasteiger partial charge in [-0.3, -0.25) is 4.79 Å². The third-order valence-electron chi connectivity index (χ3n) is 7.09. The highest BCUT2D eigenvalue weighted by molar-refractivity contribution is 7.09. The molecule has 0 aliphatic carbocycles. The molecule has 0 spiro atoms. The average molecular weight is 634 g/mol. The molecule has 40 heavy (non-hydrogen) atoms. The number of unbranched alkanes of at least 4 members (excludes halogenated alkanes) is 11. The fraction of sp³-hybridized carbons (Fsp3) is 0.515. The van der Waals surface area contributed by atoms with Gasteiger partial charge in [-0.2, -0.15) is 4.57 Å². The van der Waals surface area contributed by atoms with Crippen LogP contribution in [0, 0.1) is 12.7 Å². The molecule has 0 atom stereocenters. The number of anilines is 1. The number of aromatic nitrogens is 1. The fourth-order valence-electron chi connectivity index (χ4n) is 4.72. The Morgan fingerprint density at radius 1 is 0.875 bits per heavy atom. The van der Waals surface area contributed by atoms with Crippen LogP contribution in [-0.4, -0.2) is 12.5 Å². The standard InChI is InChI=1S/C33H45FN2O2S.BrH/c1-3-4-5-6-7-8-9-10-11-12-13-14-22-38-32-20-17-29(24-31(32)34)25-33(37)35-30-18-15-28(16-19-30)26-36-21-23-39-27(36)2;/h15-21,23-24H,3-14,22,25-26H2,1-2H3;1H. The van der Waals surface area contributed by atoms with Crippen molar-refractivity contribution in [3.63, 3.8) is 0 Å². The van der Waals surface area contributed by atoms with Crippen molar-refractivity contribution >= 4 is 22.9 Å². The zero-order chi connectivity index (χ0) is 27.7. The summed E-state index contributed by atoms with van der Waals surface area (Å²) in [5.41, 5.74) is 2.53. The molecule has 0 saturated heterocycles. The molecule has 2 aromatic carbocycles. The van der Waals surface area contributed by atoms with Crippen molar-refractivity contribution in [2.75, 3.05) is 11.9 Å². The maximum atomic E-state index is 14.5. The van der Waals surface area contributed by atoms with Crippen molar-refractivity contribution in [1.82, 2.24) is 0 Å². The van der Waals surface area contributed by atoms with Crippen LogP contribution < -0.4 is 31.6 Å². The minimum Gasteiger partial charge on any atom is -1.00 e. The Balaban J connectivity index is 0.00000560. The third kappa shape index (κ3) is 12.9. The lowest BCUT2D eigenvalue weighted by Crippen LogP contribution is -3.00. The van der Waals surface area contributed by atoms with E-state index in [-0.39, 0.29) is 35.1 Å². The molecule has 0 aliphatic heterocycles. The first-order valence-corrected chi connectivity index (χ1v) is 15.7. The van der Waals surface area contributed by atoms with Gasteiger partial charge in [-0.05, 0) is 36.2 Å². The second kappa shape index (κ2) is 19.8. The lowest BCUT2D eigenvalue weighted by molar-refractivity contribution is -0.689. The number of aryl methyl sites for hydroxylation is 1. The minimum absolute atomic E-state index is 0. The van der Waals surface area contributed by atoms with Crippen LogP contribution in [0.1, 0.15) is 100 Å². The number of nitrogens with one attached hydrogen (secondary N) is 1. The monoisotopic (exact) mass is 632 g/mol. The number of ether oxygens (including phenoxy) is 1. The number of hydrogen-bond acceptors (Lipinski definition) is 3. The SMILES string of the molecule is CCCCCCCCCCCCCCOc1ccc(CC(=O)Nc2ccc(C[n+]3ccsc3C)cc2)cc1F.[Br-]. The van der Waals surface area contributed by atoms with Crippen molar-refractivity contribution in [2.24, 2.45) is 0 Å². The van der Waals surface area contributed by atoms with Crippen LogP contribution in [-0.2, 0) is 17.8 Å². The summed E-state index contributed by atoms with van der Waals surface area (Å²) in [6.45, 7) is 5.68. The molecule has 0 aliphatic rings. The first-order chi connectivity index (χ1) is 19.0. The Labute approximate surface area is 255 Å². The lowest BCUT2D eigenvalue weighted by atomic mass is 10.1. The molecule has 0 bridgehead atoms. The number of halogens is 2. The molecule has 4 nitrogen and oxygen atoms in total. The maximum Gasteiger partial charge on any atom is 0.234 e. The quantitative estimate of drug-likeness (QED) is 0.134. The average Bonchev–Trinajstić information content (AvgIpc) is 3.33. The zero-order valence-corrected chi connectivity index (χ0v) is 26.6. The van der Waals surface area contributed by atoms with Gasteiger partial charge in [-0.15, -0.1) is 0 Å². The molecule has 3 rings (SSSR count). The Kier molecular flexibility index (Phi) is 16.8. The number of carbonyl (C=O) groups is 1. The molecule has 0 unspecified atom stereocenters. The molecule has 0 fully saturated rings. The Bertz CT molecular complexity index is 1120. The summed E-state index contributed by atoms with van der Waals surface area (Å²) in [6.07, 6.45) is 17.6. The molecule has 1 aromatic heterocycles. The second-order valence-electron chi connectivity index (χ2n) is 10.5. The predicted octanol–water partition coefficient (Wildman–Crippen LogP) is 5.80. The van der Waals surface area contributed by atoms with Gasteiger partial charge in [0.1, 0.15) is 0 Å². The maximum absolute atomic E-state index is 14.5. The first kappa shape index (κ1) is 34.0. The van der Waals surface area contributed by atoms with Crippen LogP contribution in [0.3, 0.4) is 0 Å². The highest BCUT2D eigenvalue weighted by atomic mass is 79.9. The summed E-state index contributed by atoms with van der Waals surface area (Å²) in [7, 11) is 0. The number of carbonyl (C=O) groups excluding carboxylic acids is 1. The van der Waals surface area contributed by atoms with E-state index in [1.54, 1.807) is 23.5 Å². The van der Waals surface area contributed by atoms with E-state index in [1.165, 1.54) is 80.8 Å². The van der Waals surface area contributed by atoms with Crippen molar-refractivity contribution in [2.45, 2.75) is 104 Å². The van der Waals surface area contributed by atoms with Gasteiger partial charge in [0.05, 0.1) is 18.4 Å². The molecule has 0 saturated carbocycles. The van der Waals surface area contributed by atoms with E-state index in [0.29, 0.717) is 12.2 Å².